The summed E-state index contributed by atoms with van der Waals surface area (Å²) in [6, 6.07) is 10.2. The number of nitro benzene ring substituents is 6. The Balaban J connectivity index is 0.000000376. The highest BCUT2D eigenvalue weighted by molar-refractivity contribution is 5.65. The number of nitro groups is 6. The Bertz CT molecular complexity index is 1550. The van der Waals surface area contributed by atoms with Gasteiger partial charge in [-0.3, -0.25) is 60.7 Å². The smallest absolute Gasteiger partial charge is 0.324 e. The van der Waals surface area contributed by atoms with Gasteiger partial charge in [-0.2, -0.15) is 0 Å². The number of hydrogen-bond acceptors (Lipinski definition) is 17. The lowest BCUT2D eigenvalue weighted by molar-refractivity contribution is -0.404. The Morgan fingerprint density at radius 2 is 1.00 bits per heavy atom. The van der Waals surface area contributed by atoms with Gasteiger partial charge in [0.05, 0.1) is 53.8 Å². The molecule has 0 heterocycles. The van der Waals surface area contributed by atoms with Crippen molar-refractivity contribution in [3.05, 3.63) is 115 Å². The molecule has 0 radical (unpaired) electrons. The van der Waals surface area contributed by atoms with E-state index in [0.717, 1.165) is 38.4 Å². The zero-order chi connectivity index (χ0) is 38.3. The molecule has 0 fully saturated rings. The molecule has 0 amide bonds. The van der Waals surface area contributed by atoms with Crippen LogP contribution in [0.2, 0.25) is 0 Å². The molecule has 3 aromatic rings. The second-order valence-corrected chi connectivity index (χ2v) is 9.91. The third-order valence-corrected chi connectivity index (χ3v) is 6.37. The molecule has 50 heavy (non-hydrogen) atoms. The summed E-state index contributed by atoms with van der Waals surface area (Å²) in [6.07, 6.45) is 0.916. The molecule has 1 unspecified atom stereocenters. The zero-order valence-corrected chi connectivity index (χ0v) is 26.6. The monoisotopic (exact) mass is 708 g/mol. The van der Waals surface area contributed by atoms with Crippen LogP contribution in [-0.4, -0.2) is 76.9 Å². The predicted molar refractivity (Wildman–Crippen MR) is 173 cm³/mol. The number of nitrogens with zero attached hydrogens (tertiary/aromatic N) is 7. The summed E-state index contributed by atoms with van der Waals surface area (Å²) in [4.78, 5) is 57.9. The van der Waals surface area contributed by atoms with Gasteiger partial charge < -0.3 is 25.6 Å². The Hall–Kier alpha value is -6.62. The van der Waals surface area contributed by atoms with Crippen LogP contribution >= 0.6 is 0 Å². The maximum absolute atomic E-state index is 10.4. The SMILES string of the molecule is CCN(CC)CCOc1ccc(CC(C)N)cc1.O=[N+]([O-])c1cc([N+](=O)[O-])c(O)c([N+](=O)[O-])c1.O=[N+]([O-])c1cc([N+](=O)[O-])c(O)c([N+](=O)[O-])c1. The van der Waals surface area contributed by atoms with Crippen LogP contribution in [0, 0.1) is 60.7 Å². The van der Waals surface area contributed by atoms with Crippen molar-refractivity contribution in [2.45, 2.75) is 33.2 Å². The molecule has 0 saturated heterocycles. The van der Waals surface area contributed by atoms with E-state index in [4.69, 9.17) is 20.7 Å². The Morgan fingerprint density at radius 1 is 0.660 bits per heavy atom. The number of likely N-dealkylation sites (N-methyl/N-ethyl adjacent to an activating group) is 1. The predicted octanol–water partition coefficient (Wildman–Crippen LogP) is 4.53. The van der Waals surface area contributed by atoms with Gasteiger partial charge in [-0.05, 0) is 44.1 Å². The molecular formula is C27H32N8O15. The highest BCUT2D eigenvalue weighted by Gasteiger charge is 2.31. The number of benzene rings is 3. The Labute approximate surface area is 281 Å². The summed E-state index contributed by atoms with van der Waals surface area (Å²) in [7, 11) is 0. The van der Waals surface area contributed by atoms with Crippen LogP contribution in [0.15, 0.2) is 48.5 Å². The van der Waals surface area contributed by atoms with E-state index in [1.807, 2.05) is 19.1 Å². The normalized spacial score (nSPS) is 10.8. The van der Waals surface area contributed by atoms with E-state index in [1.54, 1.807) is 0 Å². The van der Waals surface area contributed by atoms with Gasteiger partial charge in [0, 0.05) is 12.6 Å². The number of ether oxygens (including phenoxy) is 1. The van der Waals surface area contributed by atoms with E-state index >= 15 is 0 Å². The second kappa shape index (κ2) is 19.3. The highest BCUT2D eigenvalue weighted by Crippen LogP contribution is 2.40. The van der Waals surface area contributed by atoms with Crippen molar-refractivity contribution in [1.82, 2.24) is 4.90 Å². The molecule has 1 atom stereocenters. The molecule has 0 aliphatic heterocycles. The van der Waals surface area contributed by atoms with Crippen molar-refractivity contribution in [1.29, 1.82) is 0 Å². The fourth-order valence-electron chi connectivity index (χ4n) is 3.87. The third kappa shape index (κ3) is 12.5. The molecule has 23 nitrogen and oxygen atoms in total. The highest BCUT2D eigenvalue weighted by atomic mass is 16.7. The van der Waals surface area contributed by atoms with Crippen molar-refractivity contribution in [2.75, 3.05) is 26.2 Å². The molecule has 0 aliphatic rings. The number of phenols is 2. The maximum Gasteiger partial charge on any atom is 0.324 e. The number of nitrogens with two attached hydrogens (primary N) is 1. The van der Waals surface area contributed by atoms with Crippen LogP contribution in [0.3, 0.4) is 0 Å². The van der Waals surface area contributed by atoms with Crippen molar-refractivity contribution in [3.8, 4) is 17.2 Å². The summed E-state index contributed by atoms with van der Waals surface area (Å²) < 4.78 is 5.73. The standard InChI is InChI=1S/C15H26N2O.2C6H3N3O7/c1-4-17(5-2)10-11-18-15-8-6-14(7-9-15)12-13(3)16;2*10-6-4(8(13)14)1-3(7(11)12)2-5(6)9(15)16/h6-9,13H,4-5,10-12,16H2,1-3H3;2*1-2,10H. The van der Waals surface area contributed by atoms with E-state index in [1.165, 1.54) is 5.56 Å². The minimum Gasteiger partial charge on any atom is -0.497 e. The second-order valence-electron chi connectivity index (χ2n) is 9.91. The first-order valence-electron chi connectivity index (χ1n) is 14.1. The average Bonchev–Trinajstić information content (AvgIpc) is 3.03. The van der Waals surface area contributed by atoms with Gasteiger partial charge >= 0.3 is 22.7 Å². The Morgan fingerprint density at radius 3 is 1.26 bits per heavy atom. The van der Waals surface area contributed by atoms with Gasteiger partial charge in [-0.1, -0.05) is 26.0 Å². The molecule has 3 aromatic carbocycles. The third-order valence-electron chi connectivity index (χ3n) is 6.37. The summed E-state index contributed by atoms with van der Waals surface area (Å²) in [5, 5.41) is 80.4. The molecule has 0 aliphatic carbocycles. The van der Waals surface area contributed by atoms with E-state index in [2.05, 4.69) is 30.9 Å². The molecular weight excluding hydrogens is 676 g/mol. The lowest BCUT2D eigenvalue weighted by Gasteiger charge is -2.18. The molecule has 23 heteroatoms. The van der Waals surface area contributed by atoms with Crippen molar-refractivity contribution < 1.29 is 44.5 Å². The van der Waals surface area contributed by atoms with Crippen LogP contribution in [0.25, 0.3) is 0 Å². The molecule has 3 rings (SSSR count). The van der Waals surface area contributed by atoms with Crippen molar-refractivity contribution in [2.24, 2.45) is 5.73 Å². The van der Waals surface area contributed by atoms with E-state index in [0.29, 0.717) is 24.3 Å². The quantitative estimate of drug-likeness (QED) is 0.153. The van der Waals surface area contributed by atoms with E-state index in [-0.39, 0.29) is 6.04 Å². The number of rotatable bonds is 14. The molecule has 4 N–H and O–H groups in total. The summed E-state index contributed by atoms with van der Waals surface area (Å²) >= 11 is 0. The molecule has 0 aromatic heterocycles. The lowest BCUT2D eigenvalue weighted by atomic mass is 10.1. The number of hydrogen-bond donors (Lipinski definition) is 3. The van der Waals surface area contributed by atoms with Gasteiger partial charge in [-0.25, -0.2) is 0 Å². The van der Waals surface area contributed by atoms with Crippen molar-refractivity contribution in [3.63, 3.8) is 0 Å². The fraction of sp³-hybridized carbons (Fsp3) is 0.333. The Kier molecular flexibility index (Phi) is 15.9. The van der Waals surface area contributed by atoms with Crippen LogP contribution in [0.1, 0.15) is 26.3 Å². The van der Waals surface area contributed by atoms with Gasteiger partial charge in [0.15, 0.2) is 0 Å². The minimum absolute atomic E-state index is 0.208. The summed E-state index contributed by atoms with van der Waals surface area (Å²) in [6.45, 7) is 10.2. The summed E-state index contributed by atoms with van der Waals surface area (Å²) in [5.74, 6) is -1.48. The van der Waals surface area contributed by atoms with E-state index < -0.39 is 75.2 Å². The van der Waals surface area contributed by atoms with E-state index in [9.17, 15) is 60.7 Å². The number of aromatic hydroxyl groups is 2. The van der Waals surface area contributed by atoms with Gasteiger partial charge in [0.25, 0.3) is 22.9 Å². The topological polar surface area (TPSA) is 338 Å². The zero-order valence-electron chi connectivity index (χ0n) is 26.6. The minimum atomic E-state index is -1.21. The molecule has 0 bridgehead atoms. The largest absolute Gasteiger partial charge is 0.497 e. The molecule has 0 saturated carbocycles. The molecule has 0 spiro atoms. The number of non-ortho nitro benzene ring substituents is 2. The maximum atomic E-state index is 10.4. The first-order chi connectivity index (χ1) is 23.3. The average molecular weight is 709 g/mol. The van der Waals surface area contributed by atoms with Crippen LogP contribution in [0.4, 0.5) is 34.1 Å². The fourth-order valence-corrected chi connectivity index (χ4v) is 3.87. The summed E-state index contributed by atoms with van der Waals surface area (Å²) in [5.41, 5.74) is 1.03. The molecule has 270 valence electrons. The first kappa shape index (κ1) is 41.4. The van der Waals surface area contributed by atoms with Gasteiger partial charge in [0.1, 0.15) is 12.4 Å². The van der Waals surface area contributed by atoms with Crippen molar-refractivity contribution >= 4 is 34.1 Å². The van der Waals surface area contributed by atoms with Gasteiger partial charge in [-0.15, -0.1) is 0 Å². The lowest BCUT2D eigenvalue weighted by Crippen LogP contribution is -2.27. The number of phenolic OH excluding ortho intramolecular Hbond substituents is 2. The van der Waals surface area contributed by atoms with Gasteiger partial charge in [0.2, 0.25) is 0 Å². The van der Waals surface area contributed by atoms with Crippen LogP contribution in [-0.2, 0) is 6.42 Å². The first-order valence-corrected chi connectivity index (χ1v) is 14.1. The van der Waals surface area contributed by atoms with Crippen LogP contribution < -0.4 is 10.5 Å². The van der Waals surface area contributed by atoms with Crippen LogP contribution in [0.5, 0.6) is 17.2 Å².